The minimum absolute atomic E-state index is 0.479. The topological polar surface area (TPSA) is 45.6 Å². The van der Waals surface area contributed by atoms with Crippen LogP contribution in [0.1, 0.15) is 30.7 Å². The lowest BCUT2D eigenvalue weighted by Gasteiger charge is -2.22. The van der Waals surface area contributed by atoms with E-state index in [9.17, 15) is 5.11 Å². The number of para-hydroxylation sites is 1. The Kier molecular flexibility index (Phi) is 4.06. The molecule has 1 aromatic carbocycles. The molecule has 4 nitrogen and oxygen atoms in total. The Morgan fingerprint density at radius 1 is 1.29 bits per heavy atom. The summed E-state index contributed by atoms with van der Waals surface area (Å²) in [6.07, 6.45) is 2.03. The molecule has 0 saturated heterocycles. The first-order valence-corrected chi connectivity index (χ1v) is 7.37. The summed E-state index contributed by atoms with van der Waals surface area (Å²) in [5.41, 5.74) is 2.97. The van der Waals surface area contributed by atoms with Gasteiger partial charge in [-0.25, -0.2) is 0 Å². The summed E-state index contributed by atoms with van der Waals surface area (Å²) in [5.74, 6) is 0.964. The predicted octanol–water partition coefficient (Wildman–Crippen LogP) is 2.92. The van der Waals surface area contributed by atoms with E-state index in [1.807, 2.05) is 43.5 Å². The van der Waals surface area contributed by atoms with Gasteiger partial charge in [-0.2, -0.15) is 0 Å². The number of benzene rings is 1. The zero-order valence-electron chi connectivity index (χ0n) is 12.2. The van der Waals surface area contributed by atoms with Crippen LogP contribution in [-0.2, 0) is 6.54 Å². The quantitative estimate of drug-likeness (QED) is 0.941. The van der Waals surface area contributed by atoms with Crippen molar-refractivity contribution in [2.75, 3.05) is 18.1 Å². The van der Waals surface area contributed by atoms with Gasteiger partial charge in [-0.15, -0.1) is 0 Å². The van der Waals surface area contributed by atoms with Crippen LogP contribution in [0.25, 0.3) is 0 Å². The van der Waals surface area contributed by atoms with E-state index in [0.29, 0.717) is 13.0 Å². The second-order valence-electron chi connectivity index (χ2n) is 5.24. The van der Waals surface area contributed by atoms with Crippen molar-refractivity contribution < 1.29 is 9.84 Å². The molecule has 0 spiro atoms. The number of hydrogen-bond donors (Lipinski definition) is 1. The van der Waals surface area contributed by atoms with Gasteiger partial charge in [0, 0.05) is 12.1 Å². The number of aliphatic hydroxyl groups is 1. The van der Waals surface area contributed by atoms with Crippen LogP contribution >= 0.6 is 0 Å². The van der Waals surface area contributed by atoms with Gasteiger partial charge in [-0.1, -0.05) is 25.1 Å². The summed E-state index contributed by atoms with van der Waals surface area (Å²) >= 11 is 0. The van der Waals surface area contributed by atoms with Gasteiger partial charge >= 0.3 is 0 Å². The third-order valence-corrected chi connectivity index (χ3v) is 3.82. The Bertz CT molecular complexity index is 598. The van der Waals surface area contributed by atoms with Crippen LogP contribution < -0.4 is 9.64 Å². The molecule has 1 aliphatic rings. The number of aromatic nitrogens is 1. The fourth-order valence-corrected chi connectivity index (χ4v) is 2.54. The zero-order valence-corrected chi connectivity index (χ0v) is 12.2. The third-order valence-electron chi connectivity index (χ3n) is 3.82. The molecule has 0 amide bonds. The molecule has 0 radical (unpaired) electrons. The average Bonchev–Trinajstić information content (AvgIpc) is 2.76. The van der Waals surface area contributed by atoms with Crippen LogP contribution in [0.5, 0.6) is 5.75 Å². The van der Waals surface area contributed by atoms with Gasteiger partial charge in [0.1, 0.15) is 12.4 Å². The largest absolute Gasteiger partial charge is 0.491 e. The van der Waals surface area contributed by atoms with Crippen molar-refractivity contribution >= 4 is 5.69 Å². The smallest absolute Gasteiger partial charge is 0.124 e. The summed E-state index contributed by atoms with van der Waals surface area (Å²) < 4.78 is 5.78. The fourth-order valence-electron chi connectivity index (χ4n) is 2.54. The summed E-state index contributed by atoms with van der Waals surface area (Å²) in [4.78, 5) is 6.63. The van der Waals surface area contributed by atoms with Crippen LogP contribution in [0.2, 0.25) is 0 Å². The molecule has 1 N–H and O–H groups in total. The molecule has 1 atom stereocenters. The highest BCUT2D eigenvalue weighted by atomic mass is 16.5. The molecule has 3 rings (SSSR count). The third kappa shape index (κ3) is 3.00. The lowest BCUT2D eigenvalue weighted by molar-refractivity contribution is 0.169. The molecule has 0 aliphatic carbocycles. The van der Waals surface area contributed by atoms with E-state index in [-0.39, 0.29) is 0 Å². The van der Waals surface area contributed by atoms with E-state index in [1.165, 1.54) is 5.56 Å². The highest BCUT2D eigenvalue weighted by Crippen LogP contribution is 2.26. The standard InChI is InChI=1S/C17H20N2O2/c1-2-16(20)15-8-7-14(11-18-15)19-9-10-21-17-6-4-3-5-13(17)12-19/h3-8,11,16,20H,2,9-10,12H2,1H3/t16-/m0/s1. The Morgan fingerprint density at radius 2 is 2.14 bits per heavy atom. The van der Waals surface area contributed by atoms with E-state index in [0.717, 1.165) is 30.2 Å². The lowest BCUT2D eigenvalue weighted by Crippen LogP contribution is -2.25. The number of pyridine rings is 1. The van der Waals surface area contributed by atoms with Gasteiger partial charge < -0.3 is 14.7 Å². The normalized spacial score (nSPS) is 15.8. The van der Waals surface area contributed by atoms with Crippen molar-refractivity contribution in [1.29, 1.82) is 0 Å². The molecule has 1 aliphatic heterocycles. The van der Waals surface area contributed by atoms with Crippen LogP contribution in [0.4, 0.5) is 5.69 Å². The average molecular weight is 284 g/mol. The molecule has 4 heteroatoms. The first kappa shape index (κ1) is 13.9. The second-order valence-corrected chi connectivity index (χ2v) is 5.24. The zero-order chi connectivity index (χ0) is 14.7. The van der Waals surface area contributed by atoms with Crippen LogP contribution in [0, 0.1) is 0 Å². The van der Waals surface area contributed by atoms with Crippen LogP contribution in [0.3, 0.4) is 0 Å². The monoisotopic (exact) mass is 284 g/mol. The van der Waals surface area contributed by atoms with Gasteiger partial charge in [0.15, 0.2) is 0 Å². The molecule has 0 unspecified atom stereocenters. The summed E-state index contributed by atoms with van der Waals surface area (Å²) in [6.45, 7) is 4.25. The fraction of sp³-hybridized carbons (Fsp3) is 0.353. The van der Waals surface area contributed by atoms with E-state index in [2.05, 4.69) is 16.0 Å². The van der Waals surface area contributed by atoms with Crippen LogP contribution in [-0.4, -0.2) is 23.2 Å². The first-order chi connectivity index (χ1) is 10.3. The Hall–Kier alpha value is -2.07. The van der Waals surface area contributed by atoms with E-state index in [4.69, 9.17) is 4.74 Å². The van der Waals surface area contributed by atoms with Gasteiger partial charge in [0.2, 0.25) is 0 Å². The molecule has 1 aromatic heterocycles. The van der Waals surface area contributed by atoms with Crippen molar-refractivity contribution in [2.45, 2.75) is 26.0 Å². The number of anilines is 1. The number of fused-ring (bicyclic) bond motifs is 1. The van der Waals surface area contributed by atoms with Gasteiger partial charge in [0.25, 0.3) is 0 Å². The number of hydrogen-bond acceptors (Lipinski definition) is 4. The SMILES string of the molecule is CC[C@H](O)c1ccc(N2CCOc3ccccc3C2)cn1. The van der Waals surface area contributed by atoms with Gasteiger partial charge in [0.05, 0.1) is 30.2 Å². The molecular weight excluding hydrogens is 264 g/mol. The van der Waals surface area contributed by atoms with E-state index >= 15 is 0 Å². The second kappa shape index (κ2) is 6.14. The maximum Gasteiger partial charge on any atom is 0.124 e. The summed E-state index contributed by atoms with van der Waals surface area (Å²) in [5, 5.41) is 9.81. The van der Waals surface area contributed by atoms with Gasteiger partial charge in [-0.05, 0) is 24.6 Å². The van der Waals surface area contributed by atoms with Gasteiger partial charge in [-0.3, -0.25) is 4.98 Å². The minimum atomic E-state index is -0.479. The number of rotatable bonds is 3. The summed E-state index contributed by atoms with van der Waals surface area (Å²) in [6, 6.07) is 12.1. The Balaban J connectivity index is 1.81. The number of nitrogens with zero attached hydrogens (tertiary/aromatic N) is 2. The Morgan fingerprint density at radius 3 is 2.90 bits per heavy atom. The molecule has 0 bridgehead atoms. The Labute approximate surface area is 125 Å². The maximum absolute atomic E-state index is 9.81. The van der Waals surface area contributed by atoms with E-state index < -0.39 is 6.10 Å². The van der Waals surface area contributed by atoms with Crippen molar-refractivity contribution in [1.82, 2.24) is 4.98 Å². The minimum Gasteiger partial charge on any atom is -0.491 e. The predicted molar refractivity (Wildman–Crippen MR) is 82.5 cm³/mol. The maximum atomic E-state index is 9.81. The summed E-state index contributed by atoms with van der Waals surface area (Å²) in [7, 11) is 0. The highest BCUT2D eigenvalue weighted by Gasteiger charge is 2.16. The van der Waals surface area contributed by atoms with Crippen molar-refractivity contribution in [3.05, 3.63) is 53.9 Å². The molecule has 110 valence electrons. The lowest BCUT2D eigenvalue weighted by atomic mass is 10.1. The van der Waals surface area contributed by atoms with Crippen LogP contribution in [0.15, 0.2) is 42.6 Å². The molecule has 2 aromatic rings. The highest BCUT2D eigenvalue weighted by molar-refractivity contribution is 5.48. The molecule has 2 heterocycles. The van der Waals surface area contributed by atoms with E-state index in [1.54, 1.807) is 0 Å². The number of aliphatic hydroxyl groups excluding tert-OH is 1. The van der Waals surface area contributed by atoms with Crippen molar-refractivity contribution in [2.24, 2.45) is 0 Å². The van der Waals surface area contributed by atoms with Crippen molar-refractivity contribution in [3.8, 4) is 5.75 Å². The van der Waals surface area contributed by atoms with Crippen molar-refractivity contribution in [3.63, 3.8) is 0 Å². The molecule has 0 saturated carbocycles. The molecule has 0 fully saturated rings. The molecular formula is C17H20N2O2. The number of ether oxygens (including phenoxy) is 1. The first-order valence-electron chi connectivity index (χ1n) is 7.37. The molecule has 21 heavy (non-hydrogen) atoms.